The van der Waals surface area contributed by atoms with Gasteiger partial charge in [-0.15, -0.1) is 0 Å². The molecule has 2 aromatic rings. The van der Waals surface area contributed by atoms with Gasteiger partial charge < -0.3 is 14.6 Å². The van der Waals surface area contributed by atoms with Crippen molar-refractivity contribution in [3.8, 4) is 0 Å². The zero-order valence-electron chi connectivity index (χ0n) is 14.1. The molecule has 1 aliphatic heterocycles. The molecule has 11 heteroatoms. The predicted molar refractivity (Wildman–Crippen MR) is 95.8 cm³/mol. The summed E-state index contributed by atoms with van der Waals surface area (Å²) < 4.78 is 10.4. The number of aliphatic hydroxyl groups is 1. The first-order valence-corrected chi connectivity index (χ1v) is 9.56. The molecular weight excluding hydrogens is 392 g/mol. The number of carbonyl (C=O) groups is 2. The molecule has 140 valence electrons. The van der Waals surface area contributed by atoms with Gasteiger partial charge in [-0.2, -0.15) is 0 Å². The molecule has 0 bridgehead atoms. The highest BCUT2D eigenvalue weighted by Crippen LogP contribution is 2.45. The number of carbonyl (C=O) groups excluding carboxylic acids is 2. The van der Waals surface area contributed by atoms with Crippen LogP contribution in [0.15, 0.2) is 57.9 Å². The average molecular weight is 406 g/mol. The van der Waals surface area contributed by atoms with E-state index in [1.165, 1.54) is 12.4 Å². The quantitative estimate of drug-likeness (QED) is 0.411. The Morgan fingerprint density at radius 1 is 1.15 bits per heavy atom. The molecular formula is C16H14N4O5S2. The van der Waals surface area contributed by atoms with Gasteiger partial charge in [0, 0.05) is 24.8 Å². The number of hydrogen-bond donors (Lipinski definition) is 1. The molecule has 27 heavy (non-hydrogen) atoms. The van der Waals surface area contributed by atoms with E-state index >= 15 is 0 Å². The summed E-state index contributed by atoms with van der Waals surface area (Å²) in [7, 11) is 0. The zero-order valence-corrected chi connectivity index (χ0v) is 15.7. The van der Waals surface area contributed by atoms with Gasteiger partial charge in [0.05, 0.1) is 17.3 Å². The highest BCUT2D eigenvalue weighted by atomic mass is 32.2. The second-order valence-corrected chi connectivity index (χ2v) is 6.99. The standard InChI is InChI=1S/C16H14N4O5S2/c1-2-24-13(23)16(9-26-14-17-5-3-6-18-14)11(10(21)12(22)25-16)27-15-19-7-4-8-20-15/h3-8,21H,2,9H2,1H3. The average Bonchev–Trinajstić information content (AvgIpc) is 2.94. The molecule has 9 nitrogen and oxygen atoms in total. The van der Waals surface area contributed by atoms with Gasteiger partial charge in [-0.25, -0.2) is 29.5 Å². The van der Waals surface area contributed by atoms with Gasteiger partial charge in [-0.05, 0) is 30.8 Å². The molecule has 3 rings (SSSR count). The molecule has 0 spiro atoms. The lowest BCUT2D eigenvalue weighted by atomic mass is 10.1. The van der Waals surface area contributed by atoms with Crippen LogP contribution in [0.5, 0.6) is 0 Å². The zero-order chi connectivity index (χ0) is 19.3. The number of cyclic esters (lactones) is 1. The molecule has 1 aliphatic rings. The number of nitrogens with zero attached hydrogens (tertiary/aromatic N) is 4. The predicted octanol–water partition coefficient (Wildman–Crippen LogP) is 1.78. The summed E-state index contributed by atoms with van der Waals surface area (Å²) in [6.45, 7) is 1.71. The van der Waals surface area contributed by atoms with Crippen LogP contribution in [0.25, 0.3) is 0 Å². The van der Waals surface area contributed by atoms with E-state index in [2.05, 4.69) is 19.9 Å². The van der Waals surface area contributed by atoms with Gasteiger partial charge in [0.1, 0.15) is 0 Å². The smallest absolute Gasteiger partial charge is 0.375 e. The molecule has 0 saturated carbocycles. The van der Waals surface area contributed by atoms with Crippen molar-refractivity contribution in [2.75, 3.05) is 12.4 Å². The number of hydrogen-bond acceptors (Lipinski definition) is 11. The lowest BCUT2D eigenvalue weighted by Crippen LogP contribution is -2.44. The van der Waals surface area contributed by atoms with E-state index in [-0.39, 0.29) is 22.4 Å². The summed E-state index contributed by atoms with van der Waals surface area (Å²) >= 11 is 1.96. The van der Waals surface area contributed by atoms with Gasteiger partial charge in [-0.3, -0.25) is 0 Å². The summed E-state index contributed by atoms with van der Waals surface area (Å²) in [5, 5.41) is 10.9. The molecule has 0 amide bonds. The Kier molecular flexibility index (Phi) is 5.91. The molecule has 0 radical (unpaired) electrons. The van der Waals surface area contributed by atoms with Gasteiger partial charge in [-0.1, -0.05) is 11.8 Å². The Morgan fingerprint density at radius 3 is 2.33 bits per heavy atom. The first-order chi connectivity index (χ1) is 13.1. The summed E-state index contributed by atoms with van der Waals surface area (Å²) in [6.07, 6.45) is 6.11. The minimum Gasteiger partial charge on any atom is -0.501 e. The van der Waals surface area contributed by atoms with Crippen molar-refractivity contribution in [1.82, 2.24) is 19.9 Å². The SMILES string of the molecule is CCOC(=O)C1(CSc2ncccn2)OC(=O)C(O)=C1Sc1ncccn1. The maximum Gasteiger partial charge on any atom is 0.375 e. The Bertz CT molecular complexity index is 866. The second kappa shape index (κ2) is 8.35. The Hall–Kier alpha value is -2.66. The summed E-state index contributed by atoms with van der Waals surface area (Å²) in [6, 6.07) is 3.27. The van der Waals surface area contributed by atoms with Crippen molar-refractivity contribution in [1.29, 1.82) is 0 Å². The number of aliphatic hydroxyl groups excluding tert-OH is 1. The summed E-state index contributed by atoms with van der Waals surface area (Å²) in [5.74, 6) is -2.57. The van der Waals surface area contributed by atoms with Crippen molar-refractivity contribution in [2.24, 2.45) is 0 Å². The van der Waals surface area contributed by atoms with E-state index in [0.717, 1.165) is 23.5 Å². The van der Waals surface area contributed by atoms with Crippen LogP contribution in [0.1, 0.15) is 6.92 Å². The molecule has 2 aromatic heterocycles. The monoisotopic (exact) mass is 406 g/mol. The van der Waals surface area contributed by atoms with Crippen LogP contribution in [0.3, 0.4) is 0 Å². The van der Waals surface area contributed by atoms with Crippen molar-refractivity contribution in [3.63, 3.8) is 0 Å². The first-order valence-electron chi connectivity index (χ1n) is 7.76. The van der Waals surface area contributed by atoms with Crippen molar-refractivity contribution < 1.29 is 24.2 Å². The van der Waals surface area contributed by atoms with Gasteiger partial charge in [0.2, 0.25) is 5.76 Å². The lowest BCUT2D eigenvalue weighted by molar-refractivity contribution is -0.169. The van der Waals surface area contributed by atoms with E-state index in [9.17, 15) is 14.7 Å². The van der Waals surface area contributed by atoms with Crippen LogP contribution in [-0.2, 0) is 19.1 Å². The second-order valence-electron chi connectivity index (χ2n) is 5.07. The Balaban J connectivity index is 1.96. The third-order valence-electron chi connectivity index (χ3n) is 3.33. The van der Waals surface area contributed by atoms with E-state index in [1.54, 1.807) is 31.5 Å². The third kappa shape index (κ3) is 4.03. The van der Waals surface area contributed by atoms with Crippen LogP contribution >= 0.6 is 23.5 Å². The minimum atomic E-state index is -1.84. The Morgan fingerprint density at radius 2 is 1.74 bits per heavy atom. The van der Waals surface area contributed by atoms with E-state index in [0.29, 0.717) is 5.16 Å². The van der Waals surface area contributed by atoms with Crippen molar-refractivity contribution >= 4 is 35.5 Å². The number of esters is 2. The van der Waals surface area contributed by atoms with Gasteiger partial charge in [0.15, 0.2) is 10.3 Å². The first kappa shape index (κ1) is 19.1. The summed E-state index contributed by atoms with van der Waals surface area (Å²) in [5.41, 5.74) is -1.84. The molecule has 0 aromatic carbocycles. The summed E-state index contributed by atoms with van der Waals surface area (Å²) in [4.78, 5) is 41.0. The van der Waals surface area contributed by atoms with Crippen LogP contribution in [0.2, 0.25) is 0 Å². The van der Waals surface area contributed by atoms with Gasteiger partial charge >= 0.3 is 11.9 Å². The van der Waals surface area contributed by atoms with Gasteiger partial charge in [0.25, 0.3) is 5.60 Å². The molecule has 3 heterocycles. The van der Waals surface area contributed by atoms with E-state index in [1.807, 2.05) is 0 Å². The fraction of sp³-hybridized carbons (Fsp3) is 0.250. The third-order valence-corrected chi connectivity index (χ3v) is 5.47. The topological polar surface area (TPSA) is 124 Å². The molecule has 0 aliphatic carbocycles. The molecule has 1 N–H and O–H groups in total. The molecule has 0 fully saturated rings. The fourth-order valence-electron chi connectivity index (χ4n) is 2.16. The molecule has 0 saturated heterocycles. The van der Waals surface area contributed by atoms with Crippen LogP contribution in [-0.4, -0.2) is 54.9 Å². The van der Waals surface area contributed by atoms with Crippen LogP contribution < -0.4 is 0 Å². The number of rotatable bonds is 7. The number of ether oxygens (including phenoxy) is 2. The van der Waals surface area contributed by atoms with Crippen molar-refractivity contribution in [2.45, 2.75) is 22.8 Å². The highest BCUT2D eigenvalue weighted by Gasteiger charge is 2.56. The molecule has 1 atom stereocenters. The normalized spacial score (nSPS) is 19.1. The van der Waals surface area contributed by atoms with Crippen LogP contribution in [0.4, 0.5) is 0 Å². The lowest BCUT2D eigenvalue weighted by Gasteiger charge is -2.26. The number of thioether (sulfide) groups is 2. The largest absolute Gasteiger partial charge is 0.501 e. The van der Waals surface area contributed by atoms with Crippen LogP contribution in [0, 0.1) is 0 Å². The van der Waals surface area contributed by atoms with E-state index < -0.39 is 23.3 Å². The van der Waals surface area contributed by atoms with E-state index in [4.69, 9.17) is 9.47 Å². The highest BCUT2D eigenvalue weighted by molar-refractivity contribution is 8.03. The fourth-order valence-corrected chi connectivity index (χ4v) is 4.13. The molecule has 1 unspecified atom stereocenters. The Labute approximate surface area is 162 Å². The number of aromatic nitrogens is 4. The maximum atomic E-state index is 12.7. The maximum absolute atomic E-state index is 12.7. The van der Waals surface area contributed by atoms with Crippen molar-refractivity contribution in [3.05, 3.63) is 47.6 Å². The minimum absolute atomic E-state index is 0.0272.